The summed E-state index contributed by atoms with van der Waals surface area (Å²) in [4.78, 5) is 0. The van der Waals surface area contributed by atoms with Gasteiger partial charge in [0.05, 0.1) is 0 Å². The summed E-state index contributed by atoms with van der Waals surface area (Å²) in [6.07, 6.45) is 8.72. The van der Waals surface area contributed by atoms with E-state index in [0.29, 0.717) is 5.56 Å². The van der Waals surface area contributed by atoms with Crippen molar-refractivity contribution in [3.05, 3.63) is 35.4 Å². The molecule has 0 saturated heterocycles. The van der Waals surface area contributed by atoms with Crippen LogP contribution >= 0.6 is 0 Å². The van der Waals surface area contributed by atoms with Gasteiger partial charge in [-0.3, -0.25) is 0 Å². The summed E-state index contributed by atoms with van der Waals surface area (Å²) >= 11 is 0. The SMILES string of the molecule is CCNC(CCC1CCCCC1)c1ccc(F)cc1F. The minimum atomic E-state index is -0.506. The second-order valence-corrected chi connectivity index (χ2v) is 5.86. The predicted octanol–water partition coefficient (Wildman–Crippen LogP) is 4.98. The number of nitrogens with one attached hydrogen (secondary N) is 1. The lowest BCUT2D eigenvalue weighted by Crippen LogP contribution is -2.23. The molecule has 3 heteroatoms. The normalized spacial score (nSPS) is 18.1. The highest BCUT2D eigenvalue weighted by Crippen LogP contribution is 2.31. The van der Waals surface area contributed by atoms with Crippen molar-refractivity contribution in [3.8, 4) is 0 Å². The van der Waals surface area contributed by atoms with Crippen LogP contribution < -0.4 is 5.32 Å². The van der Waals surface area contributed by atoms with Crippen molar-refractivity contribution >= 4 is 0 Å². The van der Waals surface area contributed by atoms with Crippen molar-refractivity contribution in [2.24, 2.45) is 5.92 Å². The average Bonchev–Trinajstić information content (AvgIpc) is 2.45. The van der Waals surface area contributed by atoms with Crippen LogP contribution in [0.1, 0.15) is 63.5 Å². The quantitative estimate of drug-likeness (QED) is 0.775. The highest BCUT2D eigenvalue weighted by molar-refractivity contribution is 5.22. The molecule has 2 rings (SSSR count). The maximum atomic E-state index is 13.9. The summed E-state index contributed by atoms with van der Waals surface area (Å²) in [6, 6.07) is 3.92. The molecule has 1 aromatic rings. The molecule has 1 unspecified atom stereocenters. The topological polar surface area (TPSA) is 12.0 Å². The lowest BCUT2D eigenvalue weighted by molar-refractivity contribution is 0.313. The third kappa shape index (κ3) is 4.27. The van der Waals surface area contributed by atoms with E-state index in [1.165, 1.54) is 38.2 Å². The third-order valence-corrected chi connectivity index (χ3v) is 4.38. The van der Waals surface area contributed by atoms with Gasteiger partial charge in [0.15, 0.2) is 0 Å². The Hall–Kier alpha value is -0.960. The minimum Gasteiger partial charge on any atom is -0.310 e. The molecule has 1 N–H and O–H groups in total. The molecule has 0 heterocycles. The van der Waals surface area contributed by atoms with Gasteiger partial charge in [0.2, 0.25) is 0 Å². The molecule has 0 spiro atoms. The zero-order valence-corrected chi connectivity index (χ0v) is 12.3. The molecular weight excluding hydrogens is 256 g/mol. The van der Waals surface area contributed by atoms with E-state index < -0.39 is 11.6 Å². The van der Waals surface area contributed by atoms with E-state index in [-0.39, 0.29) is 6.04 Å². The fourth-order valence-corrected chi connectivity index (χ4v) is 3.28. The summed E-state index contributed by atoms with van der Waals surface area (Å²) in [5.41, 5.74) is 0.601. The maximum Gasteiger partial charge on any atom is 0.130 e. The van der Waals surface area contributed by atoms with Gasteiger partial charge in [-0.15, -0.1) is 0 Å². The Labute approximate surface area is 120 Å². The van der Waals surface area contributed by atoms with Gasteiger partial charge in [-0.05, 0) is 31.4 Å². The Morgan fingerprint density at radius 3 is 2.60 bits per heavy atom. The van der Waals surface area contributed by atoms with Crippen LogP contribution in [0.2, 0.25) is 0 Å². The molecule has 112 valence electrons. The number of hydrogen-bond donors (Lipinski definition) is 1. The fourth-order valence-electron chi connectivity index (χ4n) is 3.28. The van der Waals surface area contributed by atoms with E-state index in [1.54, 1.807) is 6.07 Å². The molecule has 1 saturated carbocycles. The minimum absolute atomic E-state index is 0.00234. The van der Waals surface area contributed by atoms with E-state index in [1.807, 2.05) is 6.92 Å². The first kappa shape index (κ1) is 15.4. The van der Waals surface area contributed by atoms with Crippen molar-refractivity contribution < 1.29 is 8.78 Å². The second kappa shape index (κ2) is 7.72. The van der Waals surface area contributed by atoms with Gasteiger partial charge in [0, 0.05) is 17.7 Å². The fraction of sp³-hybridized carbons (Fsp3) is 0.647. The van der Waals surface area contributed by atoms with E-state index in [0.717, 1.165) is 31.4 Å². The van der Waals surface area contributed by atoms with E-state index in [4.69, 9.17) is 0 Å². The molecule has 1 fully saturated rings. The monoisotopic (exact) mass is 281 g/mol. The molecule has 1 nitrogen and oxygen atoms in total. The van der Waals surface area contributed by atoms with Crippen molar-refractivity contribution in [2.45, 2.75) is 57.9 Å². The van der Waals surface area contributed by atoms with Gasteiger partial charge in [-0.2, -0.15) is 0 Å². The Balaban J connectivity index is 1.98. The van der Waals surface area contributed by atoms with Gasteiger partial charge in [0.25, 0.3) is 0 Å². The van der Waals surface area contributed by atoms with Gasteiger partial charge in [-0.25, -0.2) is 8.78 Å². The molecule has 0 aromatic heterocycles. The predicted molar refractivity (Wildman–Crippen MR) is 78.6 cm³/mol. The molecule has 1 aliphatic rings. The van der Waals surface area contributed by atoms with Crippen LogP contribution in [-0.2, 0) is 0 Å². The number of rotatable bonds is 6. The average molecular weight is 281 g/mol. The standard InChI is InChI=1S/C17H25F2N/c1-2-20-17(11-8-13-6-4-3-5-7-13)15-10-9-14(18)12-16(15)19/h9-10,12-13,17,20H,2-8,11H2,1H3. The van der Waals surface area contributed by atoms with Crippen LogP contribution in [0.5, 0.6) is 0 Å². The van der Waals surface area contributed by atoms with Gasteiger partial charge >= 0.3 is 0 Å². The molecule has 0 amide bonds. The van der Waals surface area contributed by atoms with Crippen LogP contribution in [0, 0.1) is 17.6 Å². The first-order chi connectivity index (χ1) is 9.70. The molecule has 1 aliphatic carbocycles. The maximum absolute atomic E-state index is 13.9. The van der Waals surface area contributed by atoms with E-state index >= 15 is 0 Å². The molecule has 0 aliphatic heterocycles. The van der Waals surface area contributed by atoms with Crippen molar-refractivity contribution in [2.75, 3.05) is 6.54 Å². The van der Waals surface area contributed by atoms with Crippen LogP contribution in [0.4, 0.5) is 8.78 Å². The Kier molecular flexibility index (Phi) is 5.96. The van der Waals surface area contributed by atoms with Crippen LogP contribution in [0.3, 0.4) is 0 Å². The number of benzene rings is 1. The summed E-state index contributed by atoms with van der Waals surface area (Å²) in [5, 5.41) is 3.34. The van der Waals surface area contributed by atoms with Gasteiger partial charge < -0.3 is 5.32 Å². The first-order valence-corrected chi connectivity index (χ1v) is 7.89. The zero-order chi connectivity index (χ0) is 14.4. The smallest absolute Gasteiger partial charge is 0.130 e. The molecule has 20 heavy (non-hydrogen) atoms. The Morgan fingerprint density at radius 1 is 1.20 bits per heavy atom. The van der Waals surface area contributed by atoms with E-state index in [2.05, 4.69) is 5.32 Å². The summed E-state index contributed by atoms with van der Waals surface area (Å²) in [6.45, 7) is 2.82. The summed E-state index contributed by atoms with van der Waals surface area (Å²) in [5.74, 6) is -0.151. The molecule has 0 bridgehead atoms. The van der Waals surface area contributed by atoms with E-state index in [9.17, 15) is 8.78 Å². The van der Waals surface area contributed by atoms with Crippen molar-refractivity contribution in [1.82, 2.24) is 5.32 Å². The molecule has 0 radical (unpaired) electrons. The van der Waals surface area contributed by atoms with Crippen molar-refractivity contribution in [1.29, 1.82) is 0 Å². The highest BCUT2D eigenvalue weighted by atomic mass is 19.1. The number of halogens is 2. The van der Waals surface area contributed by atoms with Crippen LogP contribution in [0.15, 0.2) is 18.2 Å². The van der Waals surface area contributed by atoms with Gasteiger partial charge in [-0.1, -0.05) is 45.1 Å². The molecule has 1 aromatic carbocycles. The molecular formula is C17H25F2N. The largest absolute Gasteiger partial charge is 0.310 e. The first-order valence-electron chi connectivity index (χ1n) is 7.89. The third-order valence-electron chi connectivity index (χ3n) is 4.38. The highest BCUT2D eigenvalue weighted by Gasteiger charge is 2.19. The number of hydrogen-bond acceptors (Lipinski definition) is 1. The van der Waals surface area contributed by atoms with Crippen LogP contribution in [-0.4, -0.2) is 6.54 Å². The second-order valence-electron chi connectivity index (χ2n) is 5.86. The van der Waals surface area contributed by atoms with Crippen LogP contribution in [0.25, 0.3) is 0 Å². The Morgan fingerprint density at radius 2 is 1.95 bits per heavy atom. The lowest BCUT2D eigenvalue weighted by Gasteiger charge is -2.25. The zero-order valence-electron chi connectivity index (χ0n) is 12.3. The van der Waals surface area contributed by atoms with Crippen molar-refractivity contribution in [3.63, 3.8) is 0 Å². The Bertz CT molecular complexity index is 413. The van der Waals surface area contributed by atoms with Gasteiger partial charge in [0.1, 0.15) is 11.6 Å². The molecule has 1 atom stereocenters. The summed E-state index contributed by atoms with van der Waals surface area (Å²) < 4.78 is 26.9. The lowest BCUT2D eigenvalue weighted by atomic mass is 9.84. The summed E-state index contributed by atoms with van der Waals surface area (Å²) in [7, 11) is 0.